The van der Waals surface area contributed by atoms with Gasteiger partial charge in [0.05, 0.1) is 6.04 Å². The van der Waals surface area contributed by atoms with Gasteiger partial charge in [-0.3, -0.25) is 14.4 Å². The molecule has 0 heterocycles. The van der Waals surface area contributed by atoms with E-state index in [9.17, 15) is 14.4 Å². The Morgan fingerprint density at radius 3 is 2.19 bits per heavy atom. The van der Waals surface area contributed by atoms with Crippen LogP contribution in [-0.2, 0) is 9.59 Å². The average Bonchev–Trinajstić information content (AvgIpc) is 2.78. The van der Waals surface area contributed by atoms with E-state index in [0.717, 1.165) is 5.56 Å². The van der Waals surface area contributed by atoms with Gasteiger partial charge in [-0.15, -0.1) is 0 Å². The zero-order valence-electron chi connectivity index (χ0n) is 17.7. The Morgan fingerprint density at radius 2 is 1.56 bits per heavy atom. The first-order valence-electron chi connectivity index (χ1n) is 10.0. The molecule has 7 heteroatoms. The number of anilines is 1. The van der Waals surface area contributed by atoms with Crippen molar-refractivity contribution in [1.29, 1.82) is 0 Å². The van der Waals surface area contributed by atoms with E-state index in [1.807, 2.05) is 25.1 Å². The number of halogens is 1. The van der Waals surface area contributed by atoms with Crippen molar-refractivity contribution in [3.63, 3.8) is 0 Å². The molecule has 3 aromatic carbocycles. The first-order valence-corrected chi connectivity index (χ1v) is 10.4. The zero-order chi connectivity index (χ0) is 23.1. The molecule has 2 N–H and O–H groups in total. The Kier molecular flexibility index (Phi) is 7.63. The van der Waals surface area contributed by atoms with Crippen molar-refractivity contribution in [2.45, 2.75) is 19.9 Å². The van der Waals surface area contributed by atoms with Crippen LogP contribution in [0.2, 0.25) is 5.02 Å². The van der Waals surface area contributed by atoms with Crippen molar-refractivity contribution in [3.8, 4) is 5.75 Å². The summed E-state index contributed by atoms with van der Waals surface area (Å²) >= 11 is 5.86. The Morgan fingerprint density at radius 1 is 0.938 bits per heavy atom. The third-order valence-electron chi connectivity index (χ3n) is 4.68. The average molecular weight is 451 g/mol. The van der Waals surface area contributed by atoms with Crippen molar-refractivity contribution in [1.82, 2.24) is 5.32 Å². The Bertz CT molecular complexity index is 1110. The third kappa shape index (κ3) is 6.43. The minimum atomic E-state index is -0.288. The number of ether oxygens (including phenoxy) is 1. The van der Waals surface area contributed by atoms with Crippen LogP contribution in [0.15, 0.2) is 72.8 Å². The second kappa shape index (κ2) is 10.6. The molecule has 3 rings (SSSR count). The number of hydrogen-bond donors (Lipinski definition) is 2. The lowest BCUT2D eigenvalue weighted by Gasteiger charge is -2.16. The van der Waals surface area contributed by atoms with E-state index in [1.165, 1.54) is 6.92 Å². The van der Waals surface area contributed by atoms with Crippen molar-refractivity contribution in [2.24, 2.45) is 0 Å². The van der Waals surface area contributed by atoms with Gasteiger partial charge >= 0.3 is 0 Å². The Hall–Kier alpha value is -3.64. The summed E-state index contributed by atoms with van der Waals surface area (Å²) in [6.45, 7) is 3.12. The highest BCUT2D eigenvalue weighted by Gasteiger charge is 2.12. The van der Waals surface area contributed by atoms with Crippen LogP contribution >= 0.6 is 11.6 Å². The molecule has 0 aliphatic heterocycles. The van der Waals surface area contributed by atoms with Gasteiger partial charge in [0.1, 0.15) is 5.75 Å². The molecule has 0 saturated heterocycles. The summed E-state index contributed by atoms with van der Waals surface area (Å²) in [7, 11) is 0. The van der Waals surface area contributed by atoms with Crippen LogP contribution < -0.4 is 15.4 Å². The fraction of sp³-hybridized carbons (Fsp3) is 0.160. The van der Waals surface area contributed by atoms with Crippen molar-refractivity contribution >= 4 is 34.9 Å². The predicted molar refractivity (Wildman–Crippen MR) is 124 cm³/mol. The summed E-state index contributed by atoms with van der Waals surface area (Å²) in [5.41, 5.74) is 2.58. The second-order valence-corrected chi connectivity index (χ2v) is 7.68. The van der Waals surface area contributed by atoms with Gasteiger partial charge in [0, 0.05) is 28.8 Å². The lowest BCUT2D eigenvalue weighted by atomic mass is 10.0. The maximum absolute atomic E-state index is 12.5. The van der Waals surface area contributed by atoms with Crippen molar-refractivity contribution in [2.75, 3.05) is 11.9 Å². The maximum Gasteiger partial charge on any atom is 0.258 e. The van der Waals surface area contributed by atoms with E-state index in [4.69, 9.17) is 16.3 Å². The largest absolute Gasteiger partial charge is 0.484 e. The van der Waals surface area contributed by atoms with Crippen LogP contribution in [0.5, 0.6) is 5.75 Å². The van der Waals surface area contributed by atoms with Gasteiger partial charge in [0.15, 0.2) is 12.4 Å². The van der Waals surface area contributed by atoms with E-state index in [1.54, 1.807) is 54.6 Å². The molecule has 2 amide bonds. The minimum Gasteiger partial charge on any atom is -0.484 e. The molecular weight excluding hydrogens is 428 g/mol. The van der Waals surface area contributed by atoms with Gasteiger partial charge in [0.25, 0.3) is 5.91 Å². The van der Waals surface area contributed by atoms with E-state index in [0.29, 0.717) is 27.6 Å². The van der Waals surface area contributed by atoms with Crippen LogP contribution in [0.3, 0.4) is 0 Å². The molecule has 0 aromatic heterocycles. The molecule has 0 spiro atoms. The molecule has 0 aliphatic rings. The van der Waals surface area contributed by atoms with E-state index >= 15 is 0 Å². The number of amides is 2. The molecule has 164 valence electrons. The SMILES string of the molecule is CC(=O)Nc1cccc(C(C)NC(=O)COc2ccc(C(=O)c3ccc(Cl)cc3)cc2)c1. The molecule has 32 heavy (non-hydrogen) atoms. The maximum atomic E-state index is 12.5. The predicted octanol–water partition coefficient (Wildman–Crippen LogP) is 4.79. The van der Waals surface area contributed by atoms with Crippen LogP contribution in [-0.4, -0.2) is 24.2 Å². The zero-order valence-corrected chi connectivity index (χ0v) is 18.5. The number of ketones is 1. The van der Waals surface area contributed by atoms with Crippen molar-refractivity contribution < 1.29 is 19.1 Å². The quantitative estimate of drug-likeness (QED) is 0.483. The Balaban J connectivity index is 1.53. The summed E-state index contributed by atoms with van der Waals surface area (Å²) < 4.78 is 5.54. The second-order valence-electron chi connectivity index (χ2n) is 7.24. The van der Waals surface area contributed by atoms with E-state index in [2.05, 4.69) is 10.6 Å². The molecule has 1 unspecified atom stereocenters. The summed E-state index contributed by atoms with van der Waals surface area (Å²) in [4.78, 5) is 36.0. The molecule has 6 nitrogen and oxygen atoms in total. The molecule has 0 fully saturated rings. The number of carbonyl (C=O) groups excluding carboxylic acids is 3. The molecule has 0 saturated carbocycles. The highest BCUT2D eigenvalue weighted by Crippen LogP contribution is 2.19. The molecule has 0 bridgehead atoms. The first kappa shape index (κ1) is 23.0. The van der Waals surface area contributed by atoms with Gasteiger partial charge in [-0.2, -0.15) is 0 Å². The number of carbonyl (C=O) groups is 3. The van der Waals surface area contributed by atoms with Crippen molar-refractivity contribution in [3.05, 3.63) is 94.5 Å². The van der Waals surface area contributed by atoms with E-state index in [-0.39, 0.29) is 30.2 Å². The van der Waals surface area contributed by atoms with Gasteiger partial charge in [0.2, 0.25) is 5.91 Å². The van der Waals surface area contributed by atoms with Crippen LogP contribution in [0.1, 0.15) is 41.4 Å². The minimum absolute atomic E-state index is 0.124. The fourth-order valence-electron chi connectivity index (χ4n) is 3.07. The molecular formula is C25H23ClN2O4. The smallest absolute Gasteiger partial charge is 0.258 e. The monoisotopic (exact) mass is 450 g/mol. The van der Waals surface area contributed by atoms with Crippen LogP contribution in [0, 0.1) is 0 Å². The summed E-state index contributed by atoms with van der Waals surface area (Å²) in [6, 6.07) is 20.3. The third-order valence-corrected chi connectivity index (χ3v) is 4.93. The highest BCUT2D eigenvalue weighted by molar-refractivity contribution is 6.30. The number of nitrogens with one attached hydrogen (secondary N) is 2. The first-order chi connectivity index (χ1) is 15.3. The molecule has 3 aromatic rings. The van der Waals surface area contributed by atoms with Crippen LogP contribution in [0.25, 0.3) is 0 Å². The number of benzene rings is 3. The normalized spacial score (nSPS) is 11.3. The lowest BCUT2D eigenvalue weighted by molar-refractivity contribution is -0.123. The van der Waals surface area contributed by atoms with Gasteiger partial charge < -0.3 is 15.4 Å². The standard InChI is InChI=1S/C25H23ClN2O4/c1-16(20-4-3-5-22(14-20)28-17(2)29)27-24(30)15-32-23-12-8-19(9-13-23)25(31)18-6-10-21(26)11-7-18/h3-14,16H,15H2,1-2H3,(H,27,30)(H,28,29). The molecule has 1 atom stereocenters. The summed E-state index contributed by atoms with van der Waals surface area (Å²) in [5.74, 6) is -0.0914. The topological polar surface area (TPSA) is 84.5 Å². The summed E-state index contributed by atoms with van der Waals surface area (Å²) in [6.07, 6.45) is 0. The molecule has 0 aliphatic carbocycles. The number of hydrogen-bond acceptors (Lipinski definition) is 4. The van der Waals surface area contributed by atoms with Gasteiger partial charge in [-0.25, -0.2) is 0 Å². The van der Waals surface area contributed by atoms with E-state index < -0.39 is 0 Å². The van der Waals surface area contributed by atoms with Gasteiger partial charge in [-0.05, 0) is 73.2 Å². The Labute approximate surface area is 191 Å². The molecule has 0 radical (unpaired) electrons. The lowest BCUT2D eigenvalue weighted by Crippen LogP contribution is -2.31. The highest BCUT2D eigenvalue weighted by atomic mass is 35.5. The van der Waals surface area contributed by atoms with Gasteiger partial charge in [-0.1, -0.05) is 23.7 Å². The summed E-state index contributed by atoms with van der Waals surface area (Å²) in [5, 5.41) is 6.15. The fourth-order valence-corrected chi connectivity index (χ4v) is 3.20. The number of rotatable bonds is 8. The van der Waals surface area contributed by atoms with Crippen LogP contribution in [0.4, 0.5) is 5.69 Å².